The maximum absolute atomic E-state index is 2.44. The van der Waals surface area contributed by atoms with Crippen molar-refractivity contribution >= 4 is 11.8 Å². The van der Waals surface area contributed by atoms with Crippen molar-refractivity contribution in [1.29, 1.82) is 0 Å². The van der Waals surface area contributed by atoms with Crippen LogP contribution in [0, 0.1) is 11.8 Å². The van der Waals surface area contributed by atoms with E-state index in [0.29, 0.717) is 0 Å². The summed E-state index contributed by atoms with van der Waals surface area (Å²) in [6.45, 7) is 0. The van der Waals surface area contributed by atoms with Crippen molar-refractivity contribution < 1.29 is 0 Å². The molecule has 2 bridgehead atoms. The van der Waals surface area contributed by atoms with Gasteiger partial charge in [-0.15, -0.1) is 0 Å². The van der Waals surface area contributed by atoms with Crippen molar-refractivity contribution in [3.63, 3.8) is 0 Å². The molecule has 1 fully saturated rings. The highest BCUT2D eigenvalue weighted by atomic mass is 32.2. The molecule has 0 aromatic carbocycles. The van der Waals surface area contributed by atoms with Gasteiger partial charge in [0.2, 0.25) is 0 Å². The number of allylic oxidation sites excluding steroid dienone is 2. The second kappa shape index (κ2) is 2.61. The predicted octanol–water partition coefficient (Wildman–Crippen LogP) is 2.70. The molecule has 1 heteroatoms. The lowest BCUT2D eigenvalue weighted by Crippen LogP contribution is -2.28. The van der Waals surface area contributed by atoms with Gasteiger partial charge >= 0.3 is 0 Å². The summed E-state index contributed by atoms with van der Waals surface area (Å²) in [5.41, 5.74) is 0. The predicted molar refractivity (Wildman–Crippen MR) is 47.3 cm³/mol. The van der Waals surface area contributed by atoms with Crippen LogP contribution in [0.1, 0.15) is 19.3 Å². The Kier molecular flexibility index (Phi) is 1.77. The molecule has 0 heterocycles. The SMILES string of the molecule is CSC1CC2C=CC1CC2. The molecule has 0 aromatic heterocycles. The van der Waals surface area contributed by atoms with E-state index in [-0.39, 0.29) is 0 Å². The molecule has 0 radical (unpaired) electrons. The van der Waals surface area contributed by atoms with Gasteiger partial charge in [-0.3, -0.25) is 0 Å². The summed E-state index contributed by atoms with van der Waals surface area (Å²) >= 11 is 2.06. The minimum atomic E-state index is 0.917. The molecule has 0 aromatic rings. The van der Waals surface area contributed by atoms with E-state index in [1.165, 1.54) is 19.3 Å². The Labute approximate surface area is 67.1 Å². The molecule has 3 unspecified atom stereocenters. The van der Waals surface area contributed by atoms with E-state index in [1.807, 2.05) is 0 Å². The molecule has 0 nitrogen and oxygen atoms in total. The lowest BCUT2D eigenvalue weighted by atomic mass is 9.76. The Morgan fingerprint density at radius 2 is 2.20 bits per heavy atom. The summed E-state index contributed by atoms with van der Waals surface area (Å²) < 4.78 is 0. The number of rotatable bonds is 1. The van der Waals surface area contributed by atoms with E-state index < -0.39 is 0 Å². The van der Waals surface area contributed by atoms with Gasteiger partial charge in [0.05, 0.1) is 0 Å². The van der Waals surface area contributed by atoms with Crippen LogP contribution in [0.2, 0.25) is 0 Å². The fourth-order valence-corrected chi connectivity index (χ4v) is 3.17. The maximum Gasteiger partial charge on any atom is 0.0113 e. The quantitative estimate of drug-likeness (QED) is 0.523. The van der Waals surface area contributed by atoms with Crippen LogP contribution in [0.4, 0.5) is 0 Å². The third-order valence-electron chi connectivity index (χ3n) is 2.82. The van der Waals surface area contributed by atoms with Crippen molar-refractivity contribution in [2.75, 3.05) is 6.26 Å². The normalized spacial score (nSPS) is 44.3. The molecule has 0 aliphatic heterocycles. The zero-order valence-corrected chi connectivity index (χ0v) is 7.23. The Balaban J connectivity index is 2.11. The van der Waals surface area contributed by atoms with Gasteiger partial charge in [-0.05, 0) is 37.4 Å². The first-order valence-electron chi connectivity index (χ1n) is 4.11. The summed E-state index contributed by atoms with van der Waals surface area (Å²) in [6, 6.07) is 0. The van der Waals surface area contributed by atoms with Crippen molar-refractivity contribution in [2.24, 2.45) is 11.8 Å². The highest BCUT2D eigenvalue weighted by Crippen LogP contribution is 2.41. The van der Waals surface area contributed by atoms with E-state index in [4.69, 9.17) is 0 Å². The highest BCUT2D eigenvalue weighted by molar-refractivity contribution is 7.99. The van der Waals surface area contributed by atoms with Gasteiger partial charge in [-0.25, -0.2) is 0 Å². The first-order valence-corrected chi connectivity index (χ1v) is 5.40. The van der Waals surface area contributed by atoms with Crippen LogP contribution in [-0.2, 0) is 0 Å². The largest absolute Gasteiger partial charge is 0.161 e. The second-order valence-corrected chi connectivity index (χ2v) is 4.47. The molecular formula is C9H14S. The molecule has 1 saturated carbocycles. The first kappa shape index (κ1) is 6.78. The van der Waals surface area contributed by atoms with Crippen LogP contribution in [0.5, 0.6) is 0 Å². The van der Waals surface area contributed by atoms with Crippen LogP contribution in [-0.4, -0.2) is 11.5 Å². The standard InChI is InChI=1S/C9H14S/c1-10-9-6-7-2-4-8(9)5-3-7/h2,4,7-9H,3,5-6H2,1H3. The fraction of sp³-hybridized carbons (Fsp3) is 0.778. The van der Waals surface area contributed by atoms with Crippen LogP contribution in [0.15, 0.2) is 12.2 Å². The number of fused-ring (bicyclic) bond motifs is 2. The third-order valence-corrected chi connectivity index (χ3v) is 3.96. The molecule has 0 N–H and O–H groups in total. The van der Waals surface area contributed by atoms with Gasteiger partial charge in [0.15, 0.2) is 0 Å². The molecule has 56 valence electrons. The van der Waals surface area contributed by atoms with Gasteiger partial charge in [0, 0.05) is 5.25 Å². The maximum atomic E-state index is 2.44. The minimum Gasteiger partial charge on any atom is -0.161 e. The van der Waals surface area contributed by atoms with Crippen molar-refractivity contribution in [1.82, 2.24) is 0 Å². The number of hydrogen-bond acceptors (Lipinski definition) is 1. The lowest BCUT2D eigenvalue weighted by molar-refractivity contribution is 0.340. The summed E-state index contributed by atoms with van der Waals surface area (Å²) in [6.07, 6.45) is 11.5. The van der Waals surface area contributed by atoms with Gasteiger partial charge in [-0.2, -0.15) is 11.8 Å². The summed E-state index contributed by atoms with van der Waals surface area (Å²) in [5, 5.41) is 0.948. The van der Waals surface area contributed by atoms with E-state index >= 15 is 0 Å². The Morgan fingerprint density at radius 3 is 2.50 bits per heavy atom. The molecule has 0 amide bonds. The number of hydrogen-bond donors (Lipinski definition) is 0. The zero-order chi connectivity index (χ0) is 6.97. The van der Waals surface area contributed by atoms with Crippen molar-refractivity contribution in [3.05, 3.63) is 12.2 Å². The molecule has 0 saturated heterocycles. The van der Waals surface area contributed by atoms with Gasteiger partial charge in [0.25, 0.3) is 0 Å². The molecule has 3 rings (SSSR count). The highest BCUT2D eigenvalue weighted by Gasteiger charge is 2.30. The smallest absolute Gasteiger partial charge is 0.0113 e. The van der Waals surface area contributed by atoms with Crippen molar-refractivity contribution in [3.8, 4) is 0 Å². The van der Waals surface area contributed by atoms with Crippen LogP contribution < -0.4 is 0 Å². The Bertz CT molecular complexity index is 151. The molecule has 10 heavy (non-hydrogen) atoms. The average Bonchev–Trinajstić information content (AvgIpc) is 2.06. The van der Waals surface area contributed by atoms with Crippen LogP contribution in [0.3, 0.4) is 0 Å². The summed E-state index contributed by atoms with van der Waals surface area (Å²) in [4.78, 5) is 0. The van der Waals surface area contributed by atoms with Gasteiger partial charge < -0.3 is 0 Å². The monoisotopic (exact) mass is 154 g/mol. The van der Waals surface area contributed by atoms with E-state index in [9.17, 15) is 0 Å². The fourth-order valence-electron chi connectivity index (χ4n) is 2.15. The van der Waals surface area contributed by atoms with E-state index in [1.54, 1.807) is 0 Å². The van der Waals surface area contributed by atoms with Crippen molar-refractivity contribution in [2.45, 2.75) is 24.5 Å². The Morgan fingerprint density at radius 1 is 1.30 bits per heavy atom. The molecule has 3 aliphatic rings. The molecular weight excluding hydrogens is 140 g/mol. The molecule has 0 spiro atoms. The number of thioether (sulfide) groups is 1. The van der Waals surface area contributed by atoms with E-state index in [2.05, 4.69) is 30.2 Å². The lowest BCUT2D eigenvalue weighted by Gasteiger charge is -2.36. The summed E-state index contributed by atoms with van der Waals surface area (Å²) in [5.74, 6) is 1.85. The Hall–Kier alpha value is 0.0900. The summed E-state index contributed by atoms with van der Waals surface area (Å²) in [7, 11) is 0. The zero-order valence-electron chi connectivity index (χ0n) is 6.42. The van der Waals surface area contributed by atoms with Crippen LogP contribution >= 0.6 is 11.8 Å². The first-order chi connectivity index (χ1) is 4.90. The molecule has 3 aliphatic carbocycles. The topological polar surface area (TPSA) is 0 Å². The van der Waals surface area contributed by atoms with Crippen LogP contribution in [0.25, 0.3) is 0 Å². The van der Waals surface area contributed by atoms with Gasteiger partial charge in [0.1, 0.15) is 0 Å². The minimum absolute atomic E-state index is 0.917. The second-order valence-electron chi connectivity index (χ2n) is 3.40. The molecule has 3 atom stereocenters. The van der Waals surface area contributed by atoms with E-state index in [0.717, 1.165) is 17.1 Å². The third kappa shape index (κ3) is 1.01. The average molecular weight is 154 g/mol. The van der Waals surface area contributed by atoms with Gasteiger partial charge in [-0.1, -0.05) is 12.2 Å².